The number of likely N-dealkylation sites (N-methyl/N-ethyl adjacent to an activating group) is 1. The standard InChI is InChI=1S/C19H35N/c1-10-18(4,5)16-13-12-15(14(3)20(8)9)17(16)19(6,7)11-2/h13-14H,10-12H2,1-9H3. The van der Waals surface area contributed by atoms with E-state index < -0.39 is 0 Å². The van der Waals surface area contributed by atoms with Crippen molar-refractivity contribution >= 4 is 0 Å². The Kier molecular flexibility index (Phi) is 5.29. The van der Waals surface area contributed by atoms with Gasteiger partial charge in [-0.1, -0.05) is 47.6 Å². The van der Waals surface area contributed by atoms with E-state index in [9.17, 15) is 0 Å². The van der Waals surface area contributed by atoms with Gasteiger partial charge in [0, 0.05) is 6.04 Å². The molecular weight excluding hydrogens is 242 g/mol. The monoisotopic (exact) mass is 277 g/mol. The Balaban J connectivity index is 3.37. The summed E-state index contributed by atoms with van der Waals surface area (Å²) in [6.45, 7) is 16.6. The van der Waals surface area contributed by atoms with Crippen molar-refractivity contribution in [2.75, 3.05) is 14.1 Å². The van der Waals surface area contributed by atoms with Gasteiger partial charge in [-0.3, -0.25) is 0 Å². The lowest BCUT2D eigenvalue weighted by Crippen LogP contribution is -2.30. The fraction of sp³-hybridized carbons (Fsp3) is 0.789. The van der Waals surface area contributed by atoms with Gasteiger partial charge in [0.2, 0.25) is 0 Å². The molecule has 116 valence electrons. The molecule has 1 aliphatic rings. The average molecular weight is 277 g/mol. The van der Waals surface area contributed by atoms with Gasteiger partial charge in [-0.25, -0.2) is 0 Å². The minimum Gasteiger partial charge on any atom is -0.303 e. The highest BCUT2D eigenvalue weighted by molar-refractivity contribution is 5.50. The van der Waals surface area contributed by atoms with Gasteiger partial charge in [0.15, 0.2) is 0 Å². The van der Waals surface area contributed by atoms with E-state index in [-0.39, 0.29) is 10.8 Å². The molecule has 0 radical (unpaired) electrons. The highest BCUT2D eigenvalue weighted by atomic mass is 15.1. The van der Waals surface area contributed by atoms with Crippen molar-refractivity contribution in [3.05, 3.63) is 22.8 Å². The molecule has 0 bridgehead atoms. The van der Waals surface area contributed by atoms with E-state index in [0.29, 0.717) is 6.04 Å². The predicted octanol–water partition coefficient (Wildman–Crippen LogP) is 5.44. The number of nitrogens with zero attached hydrogens (tertiary/aromatic N) is 1. The Morgan fingerprint density at radius 2 is 1.55 bits per heavy atom. The molecule has 0 amide bonds. The lowest BCUT2D eigenvalue weighted by molar-refractivity contribution is 0.333. The maximum Gasteiger partial charge on any atom is 0.0282 e. The van der Waals surface area contributed by atoms with E-state index in [0.717, 1.165) is 6.42 Å². The molecule has 0 heterocycles. The molecule has 1 aliphatic carbocycles. The highest BCUT2D eigenvalue weighted by Crippen LogP contribution is 2.50. The Morgan fingerprint density at radius 3 is 1.95 bits per heavy atom. The Labute approximate surface area is 127 Å². The van der Waals surface area contributed by atoms with Gasteiger partial charge in [-0.2, -0.15) is 0 Å². The summed E-state index contributed by atoms with van der Waals surface area (Å²) in [5.74, 6) is 0. The van der Waals surface area contributed by atoms with Crippen molar-refractivity contribution in [3.8, 4) is 0 Å². The number of rotatable bonds is 6. The van der Waals surface area contributed by atoms with Gasteiger partial charge in [0.05, 0.1) is 0 Å². The van der Waals surface area contributed by atoms with Crippen LogP contribution < -0.4 is 0 Å². The average Bonchev–Trinajstić information content (AvgIpc) is 2.83. The van der Waals surface area contributed by atoms with Crippen molar-refractivity contribution in [1.29, 1.82) is 0 Å². The van der Waals surface area contributed by atoms with Gasteiger partial charge >= 0.3 is 0 Å². The summed E-state index contributed by atoms with van der Waals surface area (Å²) in [7, 11) is 4.38. The zero-order valence-electron chi connectivity index (χ0n) is 15.2. The van der Waals surface area contributed by atoms with E-state index in [2.05, 4.69) is 73.5 Å². The first-order valence-electron chi connectivity index (χ1n) is 8.19. The summed E-state index contributed by atoms with van der Waals surface area (Å²) >= 11 is 0. The molecule has 0 aromatic heterocycles. The molecule has 0 aromatic rings. The molecular formula is C19H35N. The second-order valence-electron chi connectivity index (χ2n) is 7.84. The molecule has 0 fully saturated rings. The molecule has 20 heavy (non-hydrogen) atoms. The van der Waals surface area contributed by atoms with Crippen molar-refractivity contribution < 1.29 is 0 Å². The van der Waals surface area contributed by atoms with Crippen LogP contribution in [0.2, 0.25) is 0 Å². The maximum atomic E-state index is 2.51. The van der Waals surface area contributed by atoms with Crippen LogP contribution in [0.1, 0.15) is 67.7 Å². The molecule has 0 saturated carbocycles. The highest BCUT2D eigenvalue weighted by Gasteiger charge is 2.37. The van der Waals surface area contributed by atoms with Gasteiger partial charge in [-0.15, -0.1) is 0 Å². The number of hydrogen-bond acceptors (Lipinski definition) is 1. The van der Waals surface area contributed by atoms with E-state index >= 15 is 0 Å². The Hall–Kier alpha value is -0.560. The maximum absolute atomic E-state index is 2.51. The molecule has 0 aliphatic heterocycles. The van der Waals surface area contributed by atoms with E-state index in [1.54, 1.807) is 16.7 Å². The zero-order chi connectivity index (χ0) is 15.7. The SMILES string of the molecule is CCC(C)(C)C1=CCC(C(C)N(C)C)=C1C(C)(C)CC. The van der Waals surface area contributed by atoms with Crippen LogP contribution in [0.3, 0.4) is 0 Å². The van der Waals surface area contributed by atoms with Gasteiger partial charge in [-0.05, 0) is 67.8 Å². The van der Waals surface area contributed by atoms with Crippen molar-refractivity contribution in [1.82, 2.24) is 4.90 Å². The van der Waals surface area contributed by atoms with Gasteiger partial charge in [0.25, 0.3) is 0 Å². The second kappa shape index (κ2) is 6.05. The van der Waals surface area contributed by atoms with Gasteiger partial charge in [0.1, 0.15) is 0 Å². The summed E-state index contributed by atoms with van der Waals surface area (Å²) < 4.78 is 0. The molecule has 1 rings (SSSR count). The summed E-state index contributed by atoms with van der Waals surface area (Å²) in [6.07, 6.45) is 6.04. The summed E-state index contributed by atoms with van der Waals surface area (Å²) in [6, 6.07) is 0.525. The van der Waals surface area contributed by atoms with Crippen LogP contribution in [0.4, 0.5) is 0 Å². The van der Waals surface area contributed by atoms with E-state index in [4.69, 9.17) is 0 Å². The molecule has 1 atom stereocenters. The Morgan fingerprint density at radius 1 is 1.05 bits per heavy atom. The third-order valence-electron chi connectivity index (χ3n) is 5.57. The van der Waals surface area contributed by atoms with Crippen LogP contribution in [0.25, 0.3) is 0 Å². The fourth-order valence-electron chi connectivity index (χ4n) is 3.06. The van der Waals surface area contributed by atoms with Crippen molar-refractivity contribution in [3.63, 3.8) is 0 Å². The lowest BCUT2D eigenvalue weighted by Gasteiger charge is -2.37. The smallest absolute Gasteiger partial charge is 0.0282 e. The summed E-state index contributed by atoms with van der Waals surface area (Å²) in [5.41, 5.74) is 5.45. The lowest BCUT2D eigenvalue weighted by atomic mass is 9.69. The zero-order valence-corrected chi connectivity index (χ0v) is 15.2. The Bertz CT molecular complexity index is 407. The molecule has 0 saturated heterocycles. The van der Waals surface area contributed by atoms with E-state index in [1.165, 1.54) is 12.8 Å². The molecule has 0 aromatic carbocycles. The van der Waals surface area contributed by atoms with Gasteiger partial charge < -0.3 is 4.90 Å². The number of allylic oxidation sites excluding steroid dienone is 3. The molecule has 1 unspecified atom stereocenters. The topological polar surface area (TPSA) is 3.24 Å². The summed E-state index contributed by atoms with van der Waals surface area (Å²) in [4.78, 5) is 2.34. The quantitative estimate of drug-likeness (QED) is 0.625. The van der Waals surface area contributed by atoms with Crippen LogP contribution in [0.5, 0.6) is 0 Å². The third-order valence-corrected chi connectivity index (χ3v) is 5.57. The first kappa shape index (κ1) is 17.5. The molecule has 0 N–H and O–H groups in total. The molecule has 0 spiro atoms. The molecule has 1 heteroatoms. The van der Waals surface area contributed by atoms with Crippen molar-refractivity contribution in [2.24, 2.45) is 10.8 Å². The minimum atomic E-state index is 0.272. The van der Waals surface area contributed by atoms with E-state index in [1.807, 2.05) is 0 Å². The fourth-order valence-corrected chi connectivity index (χ4v) is 3.06. The minimum absolute atomic E-state index is 0.272. The van der Waals surface area contributed by atoms with Crippen molar-refractivity contribution in [2.45, 2.75) is 73.8 Å². The normalized spacial score (nSPS) is 18.8. The first-order valence-corrected chi connectivity index (χ1v) is 8.19. The van der Waals surface area contributed by atoms with Crippen LogP contribution >= 0.6 is 0 Å². The molecule has 1 nitrogen and oxygen atoms in total. The predicted molar refractivity (Wildman–Crippen MR) is 91.0 cm³/mol. The second-order valence-corrected chi connectivity index (χ2v) is 7.84. The van der Waals surface area contributed by atoms with Crippen LogP contribution in [-0.4, -0.2) is 25.0 Å². The summed E-state index contributed by atoms with van der Waals surface area (Å²) in [5, 5.41) is 0. The largest absolute Gasteiger partial charge is 0.303 e. The number of hydrogen-bond donors (Lipinski definition) is 0. The van der Waals surface area contributed by atoms with Crippen LogP contribution in [-0.2, 0) is 0 Å². The first-order chi connectivity index (χ1) is 9.08. The van der Waals surface area contributed by atoms with Crippen LogP contribution in [0, 0.1) is 10.8 Å². The van der Waals surface area contributed by atoms with Crippen LogP contribution in [0.15, 0.2) is 22.8 Å². The third kappa shape index (κ3) is 3.19.